The van der Waals surface area contributed by atoms with E-state index in [1.54, 1.807) is 4.90 Å². The molecule has 6 nitrogen and oxygen atoms in total. The Balaban J connectivity index is 1.51. The average Bonchev–Trinajstić information content (AvgIpc) is 3.03. The van der Waals surface area contributed by atoms with Crippen LogP contribution in [0.5, 0.6) is 0 Å². The number of thiocarbonyl (C=S) groups is 1. The molecule has 0 bridgehead atoms. The standard InChI is InChI=1S/C22H17N3O3S/c26-21-15-23(22(29)24(21)19-10-12-20(13-11-19)25(27)28)18-8-6-17(7-9-18)14-16-4-2-1-3-5-16/h1-13H,14-15H2. The SMILES string of the molecule is O=C1CN(c2ccc(Cc3ccccc3)cc2)C(=S)N1c1ccc([N+](=O)[O-])cc1. The minimum Gasteiger partial charge on any atom is -0.309 e. The number of nitro benzene ring substituents is 1. The van der Waals surface area contributed by atoms with Crippen molar-refractivity contribution >= 4 is 40.3 Å². The molecule has 0 unspecified atom stereocenters. The number of hydrogen-bond acceptors (Lipinski definition) is 4. The summed E-state index contributed by atoms with van der Waals surface area (Å²) in [7, 11) is 0. The van der Waals surface area contributed by atoms with Gasteiger partial charge in [0.2, 0.25) is 0 Å². The normalized spacial score (nSPS) is 13.8. The molecular weight excluding hydrogens is 386 g/mol. The summed E-state index contributed by atoms with van der Waals surface area (Å²) in [6, 6.07) is 24.0. The lowest BCUT2D eigenvalue weighted by Crippen LogP contribution is -2.32. The fourth-order valence-corrected chi connectivity index (χ4v) is 3.68. The monoisotopic (exact) mass is 403 g/mol. The molecule has 0 radical (unpaired) electrons. The summed E-state index contributed by atoms with van der Waals surface area (Å²) in [4.78, 5) is 26.1. The molecule has 0 spiro atoms. The van der Waals surface area contributed by atoms with Crippen LogP contribution in [0.25, 0.3) is 0 Å². The van der Waals surface area contributed by atoms with Gasteiger partial charge in [0.1, 0.15) is 6.54 Å². The number of nitrogens with zero attached hydrogens (tertiary/aromatic N) is 3. The second-order valence-corrected chi connectivity index (χ2v) is 7.07. The number of rotatable bonds is 5. The molecule has 144 valence electrons. The van der Waals surface area contributed by atoms with Crippen molar-refractivity contribution in [1.82, 2.24) is 0 Å². The summed E-state index contributed by atoms with van der Waals surface area (Å²) < 4.78 is 0. The van der Waals surface area contributed by atoms with Crippen molar-refractivity contribution in [2.45, 2.75) is 6.42 Å². The summed E-state index contributed by atoms with van der Waals surface area (Å²) in [5, 5.41) is 11.2. The third-order valence-corrected chi connectivity index (χ3v) is 5.19. The first kappa shape index (κ1) is 18.8. The minimum atomic E-state index is -0.475. The highest BCUT2D eigenvalue weighted by Gasteiger charge is 2.34. The molecule has 1 fully saturated rings. The first-order valence-electron chi connectivity index (χ1n) is 9.05. The van der Waals surface area contributed by atoms with Gasteiger partial charge in [0.05, 0.1) is 10.6 Å². The molecule has 3 aromatic carbocycles. The number of non-ortho nitro benzene ring substituents is 1. The van der Waals surface area contributed by atoms with Gasteiger partial charge < -0.3 is 4.90 Å². The number of benzene rings is 3. The fourth-order valence-electron chi connectivity index (χ4n) is 3.31. The van der Waals surface area contributed by atoms with E-state index < -0.39 is 4.92 Å². The van der Waals surface area contributed by atoms with Crippen molar-refractivity contribution in [2.24, 2.45) is 0 Å². The molecule has 0 aliphatic carbocycles. The molecule has 1 saturated heterocycles. The molecule has 0 saturated carbocycles. The predicted octanol–water partition coefficient (Wildman–Crippen LogP) is 4.32. The maximum atomic E-state index is 12.6. The van der Waals surface area contributed by atoms with Crippen LogP contribution in [0.1, 0.15) is 11.1 Å². The Labute approximate surface area is 173 Å². The molecule has 1 aliphatic rings. The molecule has 4 rings (SSSR count). The van der Waals surface area contributed by atoms with E-state index in [9.17, 15) is 14.9 Å². The van der Waals surface area contributed by atoms with Gasteiger partial charge in [-0.25, -0.2) is 0 Å². The van der Waals surface area contributed by atoms with Crippen molar-refractivity contribution < 1.29 is 9.72 Å². The van der Waals surface area contributed by atoms with Gasteiger partial charge in [-0.3, -0.25) is 19.8 Å². The third-order valence-electron chi connectivity index (χ3n) is 4.78. The van der Waals surface area contributed by atoms with Gasteiger partial charge in [0.15, 0.2) is 5.11 Å². The van der Waals surface area contributed by atoms with E-state index in [2.05, 4.69) is 12.1 Å². The fraction of sp³-hybridized carbons (Fsp3) is 0.0909. The number of nitro groups is 1. The topological polar surface area (TPSA) is 66.7 Å². The summed E-state index contributed by atoms with van der Waals surface area (Å²) in [6.07, 6.45) is 0.833. The van der Waals surface area contributed by atoms with Crippen LogP contribution in [0.15, 0.2) is 78.9 Å². The Bertz CT molecular complexity index is 1070. The molecule has 29 heavy (non-hydrogen) atoms. The lowest BCUT2D eigenvalue weighted by molar-refractivity contribution is -0.384. The Morgan fingerprint density at radius 3 is 2.07 bits per heavy atom. The van der Waals surface area contributed by atoms with Crippen LogP contribution < -0.4 is 9.80 Å². The van der Waals surface area contributed by atoms with Gasteiger partial charge in [-0.15, -0.1) is 0 Å². The Hall–Kier alpha value is -3.58. The molecule has 7 heteroatoms. The second-order valence-electron chi connectivity index (χ2n) is 6.70. The largest absolute Gasteiger partial charge is 0.309 e. The Kier molecular flexibility index (Phi) is 5.05. The highest BCUT2D eigenvalue weighted by molar-refractivity contribution is 7.81. The van der Waals surface area contributed by atoms with E-state index in [-0.39, 0.29) is 18.1 Å². The van der Waals surface area contributed by atoms with Crippen molar-refractivity contribution in [2.75, 3.05) is 16.3 Å². The Morgan fingerprint density at radius 1 is 0.862 bits per heavy atom. The lowest BCUT2D eigenvalue weighted by Gasteiger charge is -2.20. The number of hydrogen-bond donors (Lipinski definition) is 0. The van der Waals surface area contributed by atoms with E-state index in [1.807, 2.05) is 42.5 Å². The number of carbonyl (C=O) groups excluding carboxylic acids is 1. The number of carbonyl (C=O) groups is 1. The van der Waals surface area contributed by atoms with Gasteiger partial charge in [-0.2, -0.15) is 0 Å². The minimum absolute atomic E-state index is 0.0304. The Morgan fingerprint density at radius 2 is 1.45 bits per heavy atom. The van der Waals surface area contributed by atoms with Gasteiger partial charge in [-0.1, -0.05) is 42.5 Å². The van der Waals surface area contributed by atoms with Crippen LogP contribution >= 0.6 is 12.2 Å². The summed E-state index contributed by atoms with van der Waals surface area (Å²) in [6.45, 7) is 0.133. The quantitative estimate of drug-likeness (QED) is 0.361. The summed E-state index contributed by atoms with van der Waals surface area (Å²) in [5.74, 6) is -0.169. The third kappa shape index (κ3) is 3.86. The average molecular weight is 403 g/mol. The van der Waals surface area contributed by atoms with Crippen molar-refractivity contribution in [1.29, 1.82) is 0 Å². The van der Waals surface area contributed by atoms with E-state index in [0.29, 0.717) is 10.8 Å². The van der Waals surface area contributed by atoms with E-state index in [4.69, 9.17) is 12.2 Å². The second kappa shape index (κ2) is 7.81. The first-order chi connectivity index (χ1) is 14.0. The zero-order valence-electron chi connectivity index (χ0n) is 15.4. The van der Waals surface area contributed by atoms with E-state index in [1.165, 1.54) is 40.3 Å². The molecule has 0 N–H and O–H groups in total. The molecule has 1 amide bonds. The van der Waals surface area contributed by atoms with Crippen LogP contribution in [-0.2, 0) is 11.2 Å². The summed E-state index contributed by atoms with van der Waals surface area (Å²) in [5.41, 5.74) is 3.73. The molecule has 1 heterocycles. The smallest absolute Gasteiger partial charge is 0.269 e. The van der Waals surface area contributed by atoms with Gasteiger partial charge in [0, 0.05) is 17.8 Å². The highest BCUT2D eigenvalue weighted by atomic mass is 32.1. The maximum Gasteiger partial charge on any atom is 0.269 e. The van der Waals surface area contributed by atoms with Crippen LogP contribution in [0, 0.1) is 10.1 Å². The molecular formula is C22H17N3O3S. The van der Waals surface area contributed by atoms with Gasteiger partial charge >= 0.3 is 0 Å². The molecule has 0 aromatic heterocycles. The van der Waals surface area contributed by atoms with Crippen LogP contribution in [0.3, 0.4) is 0 Å². The summed E-state index contributed by atoms with van der Waals surface area (Å²) >= 11 is 5.52. The number of anilines is 2. The van der Waals surface area contributed by atoms with Crippen molar-refractivity contribution in [3.05, 3.63) is 100 Å². The molecule has 0 atom stereocenters. The van der Waals surface area contributed by atoms with E-state index in [0.717, 1.165) is 12.1 Å². The van der Waals surface area contributed by atoms with Gasteiger partial charge in [-0.05, 0) is 54.0 Å². The first-order valence-corrected chi connectivity index (χ1v) is 9.45. The zero-order chi connectivity index (χ0) is 20.4. The van der Waals surface area contributed by atoms with Crippen molar-refractivity contribution in [3.63, 3.8) is 0 Å². The van der Waals surface area contributed by atoms with Gasteiger partial charge in [0.25, 0.3) is 11.6 Å². The number of amides is 1. The predicted molar refractivity (Wildman–Crippen MR) is 116 cm³/mol. The zero-order valence-corrected chi connectivity index (χ0v) is 16.2. The van der Waals surface area contributed by atoms with Crippen molar-refractivity contribution in [3.8, 4) is 0 Å². The molecule has 3 aromatic rings. The molecule has 1 aliphatic heterocycles. The maximum absolute atomic E-state index is 12.6. The lowest BCUT2D eigenvalue weighted by atomic mass is 10.0. The van der Waals surface area contributed by atoms with E-state index >= 15 is 0 Å². The van der Waals surface area contributed by atoms with Crippen LogP contribution in [0.2, 0.25) is 0 Å². The highest BCUT2D eigenvalue weighted by Crippen LogP contribution is 2.28. The van der Waals surface area contributed by atoms with Crippen LogP contribution in [0.4, 0.5) is 17.1 Å². The van der Waals surface area contributed by atoms with Crippen LogP contribution in [-0.4, -0.2) is 22.5 Å².